The van der Waals surface area contributed by atoms with Gasteiger partial charge in [0.15, 0.2) is 5.82 Å². The van der Waals surface area contributed by atoms with Crippen LogP contribution in [0.3, 0.4) is 0 Å². The number of nitriles is 1. The van der Waals surface area contributed by atoms with Gasteiger partial charge in [-0.2, -0.15) is 5.26 Å². The van der Waals surface area contributed by atoms with Crippen LogP contribution in [0, 0.1) is 25.2 Å². The van der Waals surface area contributed by atoms with E-state index in [0.717, 1.165) is 65.1 Å². The zero-order valence-electron chi connectivity index (χ0n) is 16.6. The maximum Gasteiger partial charge on any atom is 0.178 e. The molecule has 0 saturated heterocycles. The van der Waals surface area contributed by atoms with Crippen LogP contribution in [0.15, 0.2) is 35.1 Å². The first-order valence-corrected chi connectivity index (χ1v) is 10.8. The number of hydrogen-bond acceptors (Lipinski definition) is 6. The van der Waals surface area contributed by atoms with Crippen LogP contribution in [0.1, 0.15) is 42.0 Å². The lowest BCUT2D eigenvalue weighted by Crippen LogP contribution is -2.07. The number of allylic oxidation sites excluding steroid dienone is 1. The smallest absolute Gasteiger partial charge is 0.178 e. The zero-order chi connectivity index (χ0) is 20.4. The standard InChI is InChI=1S/C22H23N5OS/c1-14-7-6-8-16-15(2)11-20(24-21(14)16)29-13-18(28)17(12-23)22-26-25-19-9-4-3-5-10-27(19)22/h6-8,11,28H,3-5,9-10,13H2,1-2H3/b18-17-. The molecule has 0 atom stereocenters. The summed E-state index contributed by atoms with van der Waals surface area (Å²) in [5.74, 6) is 1.64. The fraction of sp³-hybridized carbons (Fsp3) is 0.364. The molecule has 0 bridgehead atoms. The van der Waals surface area contributed by atoms with E-state index in [1.54, 1.807) is 0 Å². The highest BCUT2D eigenvalue weighted by Gasteiger charge is 2.20. The van der Waals surface area contributed by atoms with E-state index in [2.05, 4.69) is 29.3 Å². The number of para-hydroxylation sites is 1. The molecule has 148 valence electrons. The van der Waals surface area contributed by atoms with E-state index >= 15 is 0 Å². The highest BCUT2D eigenvalue weighted by atomic mass is 32.2. The first kappa shape index (κ1) is 19.5. The molecule has 0 fully saturated rings. The molecule has 3 heterocycles. The maximum atomic E-state index is 10.7. The number of nitrogens with zero attached hydrogens (tertiary/aromatic N) is 5. The highest BCUT2D eigenvalue weighted by molar-refractivity contribution is 7.99. The molecular formula is C22H23N5OS. The van der Waals surface area contributed by atoms with Crippen molar-refractivity contribution in [3.05, 3.63) is 52.8 Å². The minimum atomic E-state index is 0.0151. The third-order valence-electron chi connectivity index (χ3n) is 5.31. The van der Waals surface area contributed by atoms with Crippen LogP contribution >= 0.6 is 11.8 Å². The lowest BCUT2D eigenvalue weighted by molar-refractivity contribution is 0.420. The van der Waals surface area contributed by atoms with Crippen molar-refractivity contribution < 1.29 is 5.11 Å². The van der Waals surface area contributed by atoms with Crippen LogP contribution in [-0.2, 0) is 13.0 Å². The Balaban J connectivity index is 1.61. The molecule has 6 nitrogen and oxygen atoms in total. The van der Waals surface area contributed by atoms with Gasteiger partial charge in [-0.1, -0.05) is 36.4 Å². The molecule has 1 N–H and O–H groups in total. The zero-order valence-corrected chi connectivity index (χ0v) is 17.5. The Hall–Kier alpha value is -2.85. The summed E-state index contributed by atoms with van der Waals surface area (Å²) in [6, 6.07) is 10.3. The van der Waals surface area contributed by atoms with Crippen LogP contribution in [0.4, 0.5) is 0 Å². The Kier molecular flexibility index (Phi) is 5.54. The van der Waals surface area contributed by atoms with Gasteiger partial charge in [0.2, 0.25) is 0 Å². The van der Waals surface area contributed by atoms with Gasteiger partial charge in [0.1, 0.15) is 23.2 Å². The second-order valence-electron chi connectivity index (χ2n) is 7.37. The Bertz CT molecular complexity index is 1140. The molecule has 3 aromatic rings. The van der Waals surface area contributed by atoms with Crippen LogP contribution in [0.25, 0.3) is 16.5 Å². The fourth-order valence-corrected chi connectivity index (χ4v) is 4.58. The van der Waals surface area contributed by atoms with Gasteiger partial charge in [0.05, 0.1) is 16.3 Å². The van der Waals surface area contributed by atoms with Crippen LogP contribution in [-0.4, -0.2) is 30.6 Å². The van der Waals surface area contributed by atoms with Gasteiger partial charge in [-0.25, -0.2) is 4.98 Å². The SMILES string of the molecule is Cc1cc(SC/C(O)=C(\C#N)c2nnc3n2CCCCC3)nc2c(C)cccc12. The largest absolute Gasteiger partial charge is 0.510 e. The number of fused-ring (bicyclic) bond motifs is 2. The van der Waals surface area contributed by atoms with Crippen molar-refractivity contribution in [2.24, 2.45) is 0 Å². The van der Waals surface area contributed by atoms with Gasteiger partial charge in [-0.15, -0.1) is 10.2 Å². The highest BCUT2D eigenvalue weighted by Crippen LogP contribution is 2.28. The van der Waals surface area contributed by atoms with Crippen molar-refractivity contribution in [1.29, 1.82) is 5.26 Å². The van der Waals surface area contributed by atoms with E-state index in [1.807, 2.05) is 29.7 Å². The van der Waals surface area contributed by atoms with Crippen molar-refractivity contribution in [1.82, 2.24) is 19.7 Å². The summed E-state index contributed by atoms with van der Waals surface area (Å²) in [6.07, 6.45) is 4.12. The second kappa shape index (κ2) is 8.26. The van der Waals surface area contributed by atoms with Gasteiger partial charge >= 0.3 is 0 Å². The second-order valence-corrected chi connectivity index (χ2v) is 8.37. The van der Waals surface area contributed by atoms with Crippen molar-refractivity contribution in [3.63, 3.8) is 0 Å². The van der Waals surface area contributed by atoms with Crippen molar-refractivity contribution >= 4 is 28.2 Å². The third kappa shape index (κ3) is 3.85. The molecule has 0 radical (unpaired) electrons. The normalized spacial score (nSPS) is 14.8. The van der Waals surface area contributed by atoms with Gasteiger partial charge in [-0.3, -0.25) is 0 Å². The molecule has 2 aromatic heterocycles. The van der Waals surface area contributed by atoms with Gasteiger partial charge < -0.3 is 9.67 Å². The molecule has 0 unspecified atom stereocenters. The van der Waals surface area contributed by atoms with Gasteiger partial charge in [-0.05, 0) is 43.9 Å². The quantitative estimate of drug-likeness (QED) is 0.383. The monoisotopic (exact) mass is 405 g/mol. The van der Waals surface area contributed by atoms with E-state index in [1.165, 1.54) is 11.8 Å². The number of aromatic nitrogens is 4. The van der Waals surface area contributed by atoms with E-state index in [4.69, 9.17) is 4.98 Å². The molecule has 7 heteroatoms. The molecule has 0 saturated carbocycles. The van der Waals surface area contributed by atoms with Crippen molar-refractivity contribution in [2.45, 2.75) is 51.1 Å². The summed E-state index contributed by atoms with van der Waals surface area (Å²) < 4.78 is 1.98. The van der Waals surface area contributed by atoms with E-state index in [9.17, 15) is 10.4 Å². The summed E-state index contributed by atoms with van der Waals surface area (Å²) in [4.78, 5) is 4.75. The molecule has 1 aliphatic heterocycles. The minimum Gasteiger partial charge on any atom is -0.510 e. The summed E-state index contributed by atoms with van der Waals surface area (Å²) in [6.45, 7) is 4.90. The third-order valence-corrected chi connectivity index (χ3v) is 6.24. The first-order chi connectivity index (χ1) is 14.1. The van der Waals surface area contributed by atoms with Crippen molar-refractivity contribution in [3.8, 4) is 6.07 Å². The predicted molar refractivity (Wildman–Crippen MR) is 115 cm³/mol. The number of aliphatic hydroxyl groups excluding tert-OH is 1. The Morgan fingerprint density at radius 3 is 2.90 bits per heavy atom. The average Bonchev–Trinajstić information content (AvgIpc) is 2.95. The van der Waals surface area contributed by atoms with Crippen molar-refractivity contribution in [2.75, 3.05) is 5.75 Å². The van der Waals surface area contributed by atoms with Crippen LogP contribution in [0.5, 0.6) is 0 Å². The number of rotatable bonds is 4. The van der Waals surface area contributed by atoms with Gasteiger partial charge in [0, 0.05) is 18.4 Å². The van der Waals surface area contributed by atoms with Crippen LogP contribution < -0.4 is 0 Å². The predicted octanol–water partition coefficient (Wildman–Crippen LogP) is 4.75. The topological polar surface area (TPSA) is 87.6 Å². The number of pyridine rings is 1. The molecular weight excluding hydrogens is 382 g/mol. The summed E-state index contributed by atoms with van der Waals surface area (Å²) in [5.41, 5.74) is 3.44. The Labute approximate surface area is 174 Å². The molecule has 1 aliphatic rings. The lowest BCUT2D eigenvalue weighted by atomic mass is 10.1. The fourth-order valence-electron chi connectivity index (χ4n) is 3.73. The molecule has 4 rings (SSSR count). The van der Waals surface area contributed by atoms with Crippen LogP contribution in [0.2, 0.25) is 0 Å². The molecule has 0 aliphatic carbocycles. The summed E-state index contributed by atoms with van der Waals surface area (Å²) >= 11 is 1.42. The number of benzene rings is 1. The average molecular weight is 406 g/mol. The maximum absolute atomic E-state index is 10.7. The number of thioether (sulfide) groups is 1. The molecule has 1 aromatic carbocycles. The molecule has 0 spiro atoms. The minimum absolute atomic E-state index is 0.0151. The van der Waals surface area contributed by atoms with E-state index < -0.39 is 0 Å². The van der Waals surface area contributed by atoms with E-state index in [-0.39, 0.29) is 17.1 Å². The van der Waals surface area contributed by atoms with Gasteiger partial charge in [0.25, 0.3) is 0 Å². The first-order valence-electron chi connectivity index (χ1n) is 9.83. The Morgan fingerprint density at radius 1 is 1.21 bits per heavy atom. The number of hydrogen-bond donors (Lipinski definition) is 1. The number of aryl methyl sites for hydroxylation is 3. The summed E-state index contributed by atoms with van der Waals surface area (Å²) in [5, 5.41) is 30.8. The number of aliphatic hydroxyl groups is 1. The Morgan fingerprint density at radius 2 is 2.07 bits per heavy atom. The lowest BCUT2D eigenvalue weighted by Gasteiger charge is -2.09. The molecule has 29 heavy (non-hydrogen) atoms. The van der Waals surface area contributed by atoms with E-state index in [0.29, 0.717) is 5.82 Å². The molecule has 0 amide bonds. The summed E-state index contributed by atoms with van der Waals surface area (Å²) in [7, 11) is 0.